The van der Waals surface area contributed by atoms with Crippen LogP contribution in [0.2, 0.25) is 5.02 Å². The fourth-order valence-corrected chi connectivity index (χ4v) is 2.11. The summed E-state index contributed by atoms with van der Waals surface area (Å²) in [6, 6.07) is 9.31. The van der Waals surface area contributed by atoms with Gasteiger partial charge in [-0.1, -0.05) is 29.8 Å². The minimum absolute atomic E-state index is 0.225. The van der Waals surface area contributed by atoms with Gasteiger partial charge in [0.15, 0.2) is 0 Å². The number of para-hydroxylation sites is 1. The molecule has 0 amide bonds. The molecule has 1 aromatic carbocycles. The van der Waals surface area contributed by atoms with Gasteiger partial charge in [0, 0.05) is 0 Å². The molecule has 0 N–H and O–H groups in total. The third-order valence-electron chi connectivity index (χ3n) is 2.15. The maximum Gasteiger partial charge on any atom is 0.291 e. The Morgan fingerprint density at radius 3 is 2.33 bits per heavy atom. The summed E-state index contributed by atoms with van der Waals surface area (Å²) in [5.41, 5.74) is 1.23. The Kier molecular flexibility index (Phi) is 2.71. The second kappa shape index (κ2) is 3.87. The van der Waals surface area contributed by atoms with Crippen LogP contribution in [0.5, 0.6) is 0 Å². The van der Waals surface area contributed by atoms with Crippen LogP contribution in [0.15, 0.2) is 35.1 Å². The molecule has 0 saturated heterocycles. The Morgan fingerprint density at radius 1 is 1.27 bits per heavy atom. The van der Waals surface area contributed by atoms with E-state index in [-0.39, 0.29) is 10.6 Å². The van der Waals surface area contributed by atoms with Crippen molar-refractivity contribution in [3.8, 4) is 5.69 Å². The lowest BCUT2D eigenvalue weighted by atomic mass is 10.3. The van der Waals surface area contributed by atoms with Crippen LogP contribution in [-0.4, -0.2) is 8.39 Å². The van der Waals surface area contributed by atoms with E-state index >= 15 is 0 Å². The summed E-state index contributed by atoms with van der Waals surface area (Å²) >= 11 is 9.15. The molecule has 3 nitrogen and oxygen atoms in total. The van der Waals surface area contributed by atoms with Crippen molar-refractivity contribution < 1.29 is 0 Å². The Hall–Kier alpha value is -1.000. The smallest absolute Gasteiger partial charge is 0.266 e. The highest BCUT2D eigenvalue weighted by Crippen LogP contribution is 2.16. The number of nitrogens with zero attached hydrogens (tertiary/aromatic N) is 2. The lowest BCUT2D eigenvalue weighted by molar-refractivity contribution is 0.799. The summed E-state index contributed by atoms with van der Waals surface area (Å²) in [5.74, 6) is 0. The lowest BCUT2D eigenvalue weighted by Crippen LogP contribution is -2.17. The molecule has 0 atom stereocenters. The summed E-state index contributed by atoms with van der Waals surface area (Å²) in [5, 5.41) is 0.232. The molecule has 5 heteroatoms. The van der Waals surface area contributed by atoms with Gasteiger partial charge in [0.1, 0.15) is 5.02 Å². The maximum absolute atomic E-state index is 11.8. The lowest BCUT2D eigenvalue weighted by Gasteiger charge is -2.05. The summed E-state index contributed by atoms with van der Waals surface area (Å²) < 4.78 is 3.03. The van der Waals surface area contributed by atoms with Gasteiger partial charge in [-0.25, -0.2) is 8.39 Å². The highest BCUT2D eigenvalue weighted by atomic mass is 79.9. The molecule has 0 unspecified atom stereocenters. The number of hydrogen-bond acceptors (Lipinski definition) is 1. The van der Waals surface area contributed by atoms with E-state index in [0.29, 0.717) is 5.69 Å². The van der Waals surface area contributed by atoms with Crippen molar-refractivity contribution in [1.29, 1.82) is 0 Å². The van der Waals surface area contributed by atoms with Gasteiger partial charge in [0.05, 0.1) is 27.5 Å². The molecule has 0 radical (unpaired) electrons. The van der Waals surface area contributed by atoms with E-state index < -0.39 is 0 Å². The molecule has 0 aliphatic heterocycles. The van der Waals surface area contributed by atoms with Gasteiger partial charge in [0.25, 0.3) is 5.56 Å². The van der Waals surface area contributed by atoms with Crippen molar-refractivity contribution in [1.82, 2.24) is 8.39 Å². The fraction of sp³-hybridized carbons (Fsp3) is 0.100. The zero-order valence-electron chi connectivity index (χ0n) is 7.95. The minimum atomic E-state index is -0.225. The first kappa shape index (κ1) is 10.5. The SMILES string of the molecule is Cc1c(Cl)c(=O)n(-c2ccccc2)n1Br. The molecule has 0 saturated carbocycles. The number of aromatic nitrogens is 2. The number of halogens is 2. The number of rotatable bonds is 1. The van der Waals surface area contributed by atoms with Crippen LogP contribution < -0.4 is 5.56 Å². The average Bonchev–Trinajstić information content (AvgIpc) is 2.45. The van der Waals surface area contributed by atoms with Crippen LogP contribution in [0.25, 0.3) is 5.69 Å². The van der Waals surface area contributed by atoms with Crippen LogP contribution in [-0.2, 0) is 0 Å². The summed E-state index contributed by atoms with van der Waals surface area (Å²) in [4.78, 5) is 11.8. The second-order valence-corrected chi connectivity index (χ2v) is 4.16. The van der Waals surface area contributed by atoms with Gasteiger partial charge in [-0.2, -0.15) is 0 Å². The third-order valence-corrected chi connectivity index (χ3v) is 3.44. The molecule has 2 aromatic rings. The van der Waals surface area contributed by atoms with Crippen LogP contribution in [0.1, 0.15) is 5.69 Å². The van der Waals surface area contributed by atoms with E-state index in [1.165, 1.54) is 4.68 Å². The molecule has 0 aliphatic carbocycles. The molecule has 0 bridgehead atoms. The van der Waals surface area contributed by atoms with Crippen LogP contribution in [0, 0.1) is 6.92 Å². The van der Waals surface area contributed by atoms with Gasteiger partial charge in [0.2, 0.25) is 0 Å². The third kappa shape index (κ3) is 1.64. The molecule has 1 aromatic heterocycles. The van der Waals surface area contributed by atoms with Crippen molar-refractivity contribution in [2.75, 3.05) is 0 Å². The highest BCUT2D eigenvalue weighted by Gasteiger charge is 2.14. The van der Waals surface area contributed by atoms with Crippen molar-refractivity contribution in [2.45, 2.75) is 6.92 Å². The Bertz CT molecular complexity index is 545. The minimum Gasteiger partial charge on any atom is -0.266 e. The predicted octanol–water partition coefficient (Wildman–Crippen LogP) is 2.76. The van der Waals surface area contributed by atoms with E-state index in [1.807, 2.05) is 30.3 Å². The Balaban J connectivity index is 2.75. The first-order chi connectivity index (χ1) is 7.13. The van der Waals surface area contributed by atoms with E-state index in [0.717, 1.165) is 5.69 Å². The highest BCUT2D eigenvalue weighted by molar-refractivity contribution is 9.08. The molecule has 0 aliphatic rings. The summed E-state index contributed by atoms with van der Waals surface area (Å²) in [6.45, 7) is 1.78. The number of benzene rings is 1. The molecule has 78 valence electrons. The molecule has 15 heavy (non-hydrogen) atoms. The van der Waals surface area contributed by atoms with Crippen LogP contribution >= 0.6 is 27.7 Å². The monoisotopic (exact) mass is 286 g/mol. The molecular weight excluding hydrogens is 279 g/mol. The van der Waals surface area contributed by atoms with E-state index in [2.05, 4.69) is 16.1 Å². The van der Waals surface area contributed by atoms with Gasteiger partial charge in [-0.05, 0) is 19.1 Å². The fourth-order valence-electron chi connectivity index (χ4n) is 1.35. The second-order valence-electron chi connectivity index (χ2n) is 3.11. The van der Waals surface area contributed by atoms with Gasteiger partial charge in [-0.15, -0.1) is 0 Å². The maximum atomic E-state index is 11.8. The van der Waals surface area contributed by atoms with Crippen molar-refractivity contribution >= 4 is 27.7 Å². The number of hydrogen-bond donors (Lipinski definition) is 0. The summed E-state index contributed by atoms with van der Waals surface area (Å²) in [7, 11) is 0. The van der Waals surface area contributed by atoms with Gasteiger partial charge >= 0.3 is 0 Å². The molecule has 0 fully saturated rings. The van der Waals surface area contributed by atoms with E-state index in [4.69, 9.17) is 11.6 Å². The Morgan fingerprint density at radius 2 is 1.87 bits per heavy atom. The van der Waals surface area contributed by atoms with Crippen LogP contribution in [0.4, 0.5) is 0 Å². The van der Waals surface area contributed by atoms with Gasteiger partial charge in [-0.3, -0.25) is 4.79 Å². The zero-order valence-corrected chi connectivity index (χ0v) is 10.3. The van der Waals surface area contributed by atoms with Crippen LogP contribution in [0.3, 0.4) is 0 Å². The standard InChI is InChI=1S/C10H8BrClN2O/c1-7-9(12)10(15)13(14(7)11)8-5-3-2-4-6-8/h2-6H,1H3. The molecule has 1 heterocycles. The topological polar surface area (TPSA) is 26.9 Å². The first-order valence-electron chi connectivity index (χ1n) is 4.34. The molecule has 0 spiro atoms. The van der Waals surface area contributed by atoms with Crippen molar-refractivity contribution in [3.05, 3.63) is 51.4 Å². The van der Waals surface area contributed by atoms with Gasteiger partial charge < -0.3 is 0 Å². The summed E-state index contributed by atoms with van der Waals surface area (Å²) in [6.07, 6.45) is 0. The average molecular weight is 288 g/mol. The van der Waals surface area contributed by atoms with Crippen molar-refractivity contribution in [2.24, 2.45) is 0 Å². The quantitative estimate of drug-likeness (QED) is 0.792. The molecular formula is C10H8BrClN2O. The Labute approximate surface area is 100 Å². The largest absolute Gasteiger partial charge is 0.291 e. The molecule has 2 rings (SSSR count). The van der Waals surface area contributed by atoms with E-state index in [9.17, 15) is 4.79 Å². The first-order valence-corrected chi connectivity index (χ1v) is 5.43. The zero-order chi connectivity index (χ0) is 11.0. The van der Waals surface area contributed by atoms with Crippen molar-refractivity contribution in [3.63, 3.8) is 0 Å². The van der Waals surface area contributed by atoms with E-state index in [1.54, 1.807) is 10.6 Å². The normalized spacial score (nSPS) is 10.6. The predicted molar refractivity (Wildman–Crippen MR) is 64.1 cm³/mol.